The van der Waals surface area contributed by atoms with Gasteiger partial charge < -0.3 is 10.0 Å². The smallest absolute Gasteiger partial charge is 0.326 e. The summed E-state index contributed by atoms with van der Waals surface area (Å²) in [6.07, 6.45) is 0.651. The van der Waals surface area contributed by atoms with Crippen LogP contribution in [0.5, 0.6) is 0 Å². The van der Waals surface area contributed by atoms with Crippen LogP contribution in [0.4, 0.5) is 0 Å². The lowest BCUT2D eigenvalue weighted by Crippen LogP contribution is -2.41. The van der Waals surface area contributed by atoms with E-state index in [0.717, 1.165) is 0 Å². The molecule has 1 aliphatic rings. The fourth-order valence-electron chi connectivity index (χ4n) is 1.91. The number of aliphatic carboxylic acids is 1. The Bertz CT molecular complexity index is 338. The van der Waals surface area contributed by atoms with Crippen molar-refractivity contribution in [1.29, 1.82) is 0 Å². The van der Waals surface area contributed by atoms with Gasteiger partial charge >= 0.3 is 5.97 Å². The summed E-state index contributed by atoms with van der Waals surface area (Å²) in [4.78, 5) is 26.5. The number of hydrogen-bond donors (Lipinski definition) is 1. The number of carboxylic acid groups (broad SMARTS) is 1. The lowest BCUT2D eigenvalue weighted by atomic mass is 10.1. The van der Waals surface area contributed by atoms with Gasteiger partial charge in [-0.05, 0) is 17.9 Å². The number of hydrogen-bond acceptors (Lipinski definition) is 3. The molecule has 1 aliphatic heterocycles. The van der Waals surface area contributed by atoms with Crippen LogP contribution in [0, 0.1) is 5.92 Å². The predicted molar refractivity (Wildman–Crippen MR) is 55.5 cm³/mol. The summed E-state index contributed by atoms with van der Waals surface area (Å²) in [5.74, 6) is -1.22. The molecule has 0 aromatic rings. The molecule has 0 spiro atoms. The molecule has 1 amide bonds. The molecule has 1 rings (SSSR count). The van der Waals surface area contributed by atoms with Crippen LogP contribution in [0.25, 0.3) is 10.4 Å². The van der Waals surface area contributed by atoms with E-state index in [-0.39, 0.29) is 24.8 Å². The third kappa shape index (κ3) is 2.64. The van der Waals surface area contributed by atoms with Crippen molar-refractivity contribution in [3.05, 3.63) is 10.4 Å². The highest BCUT2D eigenvalue weighted by Crippen LogP contribution is 2.21. The van der Waals surface area contributed by atoms with Crippen molar-refractivity contribution < 1.29 is 14.7 Å². The average molecular weight is 226 g/mol. The van der Waals surface area contributed by atoms with E-state index in [0.29, 0.717) is 13.0 Å². The number of azide groups is 1. The summed E-state index contributed by atoms with van der Waals surface area (Å²) >= 11 is 0. The number of likely N-dealkylation sites (tertiary alicyclic amines) is 1. The zero-order chi connectivity index (χ0) is 12.1. The fraction of sp³-hybridized carbons (Fsp3) is 0.778. The molecule has 0 aromatic carbocycles. The second-order valence-electron chi connectivity index (χ2n) is 3.79. The first-order chi connectivity index (χ1) is 7.60. The van der Waals surface area contributed by atoms with Gasteiger partial charge in [-0.15, -0.1) is 0 Å². The normalized spacial score (nSPS) is 21.7. The Morgan fingerprint density at radius 1 is 1.81 bits per heavy atom. The van der Waals surface area contributed by atoms with Gasteiger partial charge in [-0.25, -0.2) is 4.79 Å². The predicted octanol–water partition coefficient (Wildman–Crippen LogP) is 1.01. The summed E-state index contributed by atoms with van der Waals surface area (Å²) in [5, 5.41) is 12.3. The van der Waals surface area contributed by atoms with Gasteiger partial charge in [0.15, 0.2) is 0 Å². The second kappa shape index (κ2) is 5.37. The molecule has 0 aliphatic carbocycles. The van der Waals surface area contributed by atoms with Crippen molar-refractivity contribution in [2.75, 3.05) is 13.1 Å². The third-order valence-corrected chi connectivity index (χ3v) is 2.69. The number of carbonyl (C=O) groups is 2. The molecule has 0 bridgehead atoms. The first-order valence-electron chi connectivity index (χ1n) is 5.13. The Balaban J connectivity index is 2.66. The van der Waals surface area contributed by atoms with Crippen molar-refractivity contribution in [2.45, 2.75) is 25.8 Å². The van der Waals surface area contributed by atoms with Crippen LogP contribution in [-0.2, 0) is 9.59 Å². The molecular formula is C9H14N4O3. The largest absolute Gasteiger partial charge is 0.480 e. The summed E-state index contributed by atoms with van der Waals surface area (Å²) in [6, 6.07) is -0.761. The minimum atomic E-state index is -0.986. The number of carbonyl (C=O) groups excluding carboxylic acids is 1. The lowest BCUT2D eigenvalue weighted by Gasteiger charge is -2.23. The maximum absolute atomic E-state index is 11.6. The molecule has 1 heterocycles. The molecule has 2 atom stereocenters. The molecule has 0 aromatic heterocycles. The molecule has 1 saturated heterocycles. The van der Waals surface area contributed by atoms with Gasteiger partial charge in [0, 0.05) is 24.4 Å². The molecule has 0 radical (unpaired) electrons. The number of amides is 1. The Morgan fingerprint density at radius 2 is 2.50 bits per heavy atom. The van der Waals surface area contributed by atoms with Gasteiger partial charge in [0.25, 0.3) is 0 Å². The highest BCUT2D eigenvalue weighted by atomic mass is 16.4. The van der Waals surface area contributed by atoms with Crippen molar-refractivity contribution in [3.63, 3.8) is 0 Å². The van der Waals surface area contributed by atoms with Crippen molar-refractivity contribution in [3.8, 4) is 0 Å². The van der Waals surface area contributed by atoms with E-state index in [4.69, 9.17) is 10.6 Å². The summed E-state index contributed by atoms with van der Waals surface area (Å²) in [6.45, 7) is 2.34. The zero-order valence-corrected chi connectivity index (χ0v) is 9.04. The quantitative estimate of drug-likeness (QED) is 0.429. The van der Waals surface area contributed by atoms with E-state index < -0.39 is 12.0 Å². The molecule has 1 N–H and O–H groups in total. The monoisotopic (exact) mass is 226 g/mol. The summed E-state index contributed by atoms with van der Waals surface area (Å²) in [5.41, 5.74) is 8.17. The molecule has 16 heavy (non-hydrogen) atoms. The highest BCUT2D eigenvalue weighted by Gasteiger charge is 2.36. The van der Waals surface area contributed by atoms with Crippen LogP contribution >= 0.6 is 0 Å². The van der Waals surface area contributed by atoms with Crippen LogP contribution < -0.4 is 0 Å². The summed E-state index contributed by atoms with van der Waals surface area (Å²) < 4.78 is 0. The van der Waals surface area contributed by atoms with E-state index >= 15 is 0 Å². The van der Waals surface area contributed by atoms with Crippen molar-refractivity contribution in [1.82, 2.24) is 4.90 Å². The van der Waals surface area contributed by atoms with Gasteiger partial charge in [0.05, 0.1) is 0 Å². The molecular weight excluding hydrogens is 212 g/mol. The van der Waals surface area contributed by atoms with Gasteiger partial charge in [-0.2, -0.15) is 0 Å². The van der Waals surface area contributed by atoms with Gasteiger partial charge in [-0.1, -0.05) is 12.0 Å². The minimum Gasteiger partial charge on any atom is -0.480 e. The third-order valence-electron chi connectivity index (χ3n) is 2.69. The Kier molecular flexibility index (Phi) is 4.13. The molecule has 0 saturated carbocycles. The van der Waals surface area contributed by atoms with Crippen LogP contribution in [0.1, 0.15) is 19.8 Å². The van der Waals surface area contributed by atoms with Crippen LogP contribution in [-0.4, -0.2) is 41.0 Å². The second-order valence-corrected chi connectivity index (χ2v) is 3.79. The first kappa shape index (κ1) is 12.3. The van der Waals surface area contributed by atoms with E-state index in [1.54, 1.807) is 6.92 Å². The standard InChI is InChI=1S/C9H14N4O3/c1-2-7(9(15)16)13-5-6(3-8(13)14)4-11-12-10/h6-7H,2-5H2,1H3,(H,15,16). The van der Waals surface area contributed by atoms with Crippen LogP contribution in [0.15, 0.2) is 5.11 Å². The van der Waals surface area contributed by atoms with Gasteiger partial charge in [-0.3, -0.25) is 4.79 Å². The van der Waals surface area contributed by atoms with Crippen molar-refractivity contribution in [2.24, 2.45) is 11.0 Å². The van der Waals surface area contributed by atoms with E-state index in [1.807, 2.05) is 0 Å². The van der Waals surface area contributed by atoms with E-state index in [2.05, 4.69) is 10.0 Å². The molecule has 88 valence electrons. The zero-order valence-electron chi connectivity index (χ0n) is 9.04. The highest BCUT2D eigenvalue weighted by molar-refractivity contribution is 5.85. The number of rotatable bonds is 5. The molecule has 7 nitrogen and oxygen atoms in total. The Labute approximate surface area is 92.7 Å². The fourth-order valence-corrected chi connectivity index (χ4v) is 1.91. The number of nitrogens with zero attached hydrogens (tertiary/aromatic N) is 4. The average Bonchev–Trinajstić information content (AvgIpc) is 2.58. The Morgan fingerprint density at radius 3 is 3.00 bits per heavy atom. The maximum Gasteiger partial charge on any atom is 0.326 e. The topological polar surface area (TPSA) is 106 Å². The van der Waals surface area contributed by atoms with E-state index in [9.17, 15) is 9.59 Å². The van der Waals surface area contributed by atoms with Gasteiger partial charge in [0.1, 0.15) is 6.04 Å². The lowest BCUT2D eigenvalue weighted by molar-refractivity contribution is -0.148. The molecule has 1 fully saturated rings. The summed E-state index contributed by atoms with van der Waals surface area (Å²) in [7, 11) is 0. The minimum absolute atomic E-state index is 0.0585. The Hall–Kier alpha value is -1.75. The molecule has 2 unspecified atom stereocenters. The first-order valence-corrected chi connectivity index (χ1v) is 5.13. The maximum atomic E-state index is 11.6. The van der Waals surface area contributed by atoms with Gasteiger partial charge in [0.2, 0.25) is 5.91 Å². The molecule has 7 heteroatoms. The van der Waals surface area contributed by atoms with Crippen molar-refractivity contribution >= 4 is 11.9 Å². The number of carboxylic acids is 1. The SMILES string of the molecule is CCC(C(=O)O)N1CC(CN=[N+]=[N-])CC1=O. The van der Waals surface area contributed by atoms with Crippen LogP contribution in [0.3, 0.4) is 0 Å². The van der Waals surface area contributed by atoms with E-state index in [1.165, 1.54) is 4.90 Å². The van der Waals surface area contributed by atoms with Crippen LogP contribution in [0.2, 0.25) is 0 Å².